The average Bonchev–Trinajstić information content (AvgIpc) is 3.54. The number of halogens is 1. The molecule has 2 amide bonds. The van der Waals surface area contributed by atoms with Crippen LogP contribution in [0.25, 0.3) is 0 Å². The lowest BCUT2D eigenvalue weighted by atomic mass is 9.97. The molecule has 0 spiro atoms. The van der Waals surface area contributed by atoms with Gasteiger partial charge in [0, 0.05) is 30.7 Å². The lowest BCUT2D eigenvalue weighted by molar-refractivity contribution is -0.133. The number of carbonyl (C=O) groups is 2. The number of benzene rings is 2. The van der Waals surface area contributed by atoms with Crippen LogP contribution in [0.1, 0.15) is 33.3 Å². The van der Waals surface area contributed by atoms with Crippen molar-refractivity contribution in [3.63, 3.8) is 0 Å². The third-order valence-electron chi connectivity index (χ3n) is 5.60. The van der Waals surface area contributed by atoms with E-state index in [0.29, 0.717) is 33.2 Å². The molecule has 1 aliphatic heterocycles. The topological polar surface area (TPSA) is 71.4 Å². The predicted molar refractivity (Wildman–Crippen MR) is 128 cm³/mol. The van der Waals surface area contributed by atoms with Crippen LogP contribution in [-0.4, -0.2) is 55.2 Å². The van der Waals surface area contributed by atoms with Crippen molar-refractivity contribution < 1.29 is 23.5 Å². The average molecular weight is 482 g/mol. The number of methoxy groups -OCH3 is 2. The third-order valence-corrected chi connectivity index (χ3v) is 6.46. The van der Waals surface area contributed by atoms with Crippen LogP contribution in [0, 0.1) is 5.82 Å². The maximum Gasteiger partial charge on any atom is 0.264 e. The summed E-state index contributed by atoms with van der Waals surface area (Å²) in [6.45, 7) is -0.196. The van der Waals surface area contributed by atoms with Crippen molar-refractivity contribution in [1.29, 1.82) is 0 Å². The number of thiophene rings is 1. The zero-order chi connectivity index (χ0) is 24.2. The normalized spacial score (nSPS) is 15.1. The molecule has 4 rings (SSSR count). The molecule has 7 nitrogen and oxygen atoms in total. The highest BCUT2D eigenvalue weighted by Crippen LogP contribution is 2.37. The van der Waals surface area contributed by atoms with Crippen LogP contribution in [0.4, 0.5) is 4.39 Å². The van der Waals surface area contributed by atoms with Crippen LogP contribution in [0.5, 0.6) is 11.5 Å². The van der Waals surface area contributed by atoms with Gasteiger partial charge in [-0.3, -0.25) is 9.59 Å². The number of ether oxygens (including phenoxy) is 2. The molecule has 0 fully saturated rings. The monoisotopic (exact) mass is 481 g/mol. The van der Waals surface area contributed by atoms with E-state index in [1.54, 1.807) is 68.1 Å². The van der Waals surface area contributed by atoms with Gasteiger partial charge in [-0.2, -0.15) is 5.10 Å². The fourth-order valence-electron chi connectivity index (χ4n) is 3.86. The van der Waals surface area contributed by atoms with Crippen LogP contribution >= 0.6 is 11.3 Å². The number of amides is 2. The highest BCUT2D eigenvalue weighted by Gasteiger charge is 2.36. The predicted octanol–water partition coefficient (Wildman–Crippen LogP) is 4.35. The second kappa shape index (κ2) is 10.0. The fraction of sp³-hybridized carbons (Fsp3) is 0.240. The van der Waals surface area contributed by atoms with Gasteiger partial charge in [0.2, 0.25) is 0 Å². The molecule has 9 heteroatoms. The Morgan fingerprint density at radius 1 is 1.15 bits per heavy atom. The zero-order valence-electron chi connectivity index (χ0n) is 19.0. The first-order valence-corrected chi connectivity index (χ1v) is 11.5. The first-order valence-electron chi connectivity index (χ1n) is 10.6. The Hall–Kier alpha value is -3.72. The molecule has 3 aromatic rings. The van der Waals surface area contributed by atoms with E-state index in [4.69, 9.17) is 9.47 Å². The summed E-state index contributed by atoms with van der Waals surface area (Å²) in [6, 6.07) is 14.5. The highest BCUT2D eigenvalue weighted by atomic mass is 32.1. The molecule has 0 unspecified atom stereocenters. The van der Waals surface area contributed by atoms with Crippen molar-refractivity contribution in [3.05, 3.63) is 81.8 Å². The molecule has 2 aromatic carbocycles. The second-order valence-electron chi connectivity index (χ2n) is 7.73. The minimum absolute atomic E-state index is 0.196. The summed E-state index contributed by atoms with van der Waals surface area (Å²) in [4.78, 5) is 27.8. The maximum atomic E-state index is 14.7. The fourth-order valence-corrected chi connectivity index (χ4v) is 4.58. The van der Waals surface area contributed by atoms with E-state index >= 15 is 0 Å². The zero-order valence-corrected chi connectivity index (χ0v) is 19.8. The maximum absolute atomic E-state index is 14.7. The van der Waals surface area contributed by atoms with Gasteiger partial charge >= 0.3 is 0 Å². The molecule has 0 aliphatic carbocycles. The molecule has 0 saturated carbocycles. The third kappa shape index (κ3) is 4.65. The van der Waals surface area contributed by atoms with Crippen LogP contribution in [0.3, 0.4) is 0 Å². The first kappa shape index (κ1) is 23.4. The number of hydrogen-bond donors (Lipinski definition) is 0. The lowest BCUT2D eigenvalue weighted by Gasteiger charge is -2.25. The highest BCUT2D eigenvalue weighted by molar-refractivity contribution is 7.12. The molecule has 0 N–H and O–H groups in total. The molecule has 0 saturated heterocycles. The molecule has 0 radical (unpaired) electrons. The van der Waals surface area contributed by atoms with Gasteiger partial charge in [0.1, 0.15) is 23.9 Å². The van der Waals surface area contributed by atoms with Gasteiger partial charge in [-0.05, 0) is 29.6 Å². The number of hydrazone groups is 1. The van der Waals surface area contributed by atoms with Crippen molar-refractivity contribution in [2.75, 3.05) is 27.8 Å². The van der Waals surface area contributed by atoms with E-state index in [2.05, 4.69) is 5.10 Å². The Labute approximate surface area is 201 Å². The van der Waals surface area contributed by atoms with Gasteiger partial charge in [-0.15, -0.1) is 11.3 Å². The first-order chi connectivity index (χ1) is 16.4. The van der Waals surface area contributed by atoms with Crippen LogP contribution < -0.4 is 9.47 Å². The van der Waals surface area contributed by atoms with Crippen LogP contribution in [-0.2, 0) is 4.79 Å². The Morgan fingerprint density at radius 2 is 1.94 bits per heavy atom. The molecule has 1 atom stereocenters. The van der Waals surface area contributed by atoms with Crippen molar-refractivity contribution in [3.8, 4) is 11.5 Å². The SMILES string of the molecule is COc1ccc(C2=NN(C(=O)CN(C)C(=O)c3cccs3)[C@H](c3ccccc3F)C2)c(OC)c1. The van der Waals surface area contributed by atoms with Gasteiger partial charge < -0.3 is 14.4 Å². The number of nitrogens with zero attached hydrogens (tertiary/aromatic N) is 3. The smallest absolute Gasteiger partial charge is 0.264 e. The van der Waals surface area contributed by atoms with Crippen molar-refractivity contribution >= 4 is 28.9 Å². The van der Waals surface area contributed by atoms with Crippen LogP contribution in [0.2, 0.25) is 0 Å². The number of likely N-dealkylation sites (N-methyl/N-ethyl adjacent to an activating group) is 1. The van der Waals surface area contributed by atoms with E-state index in [9.17, 15) is 14.0 Å². The lowest BCUT2D eigenvalue weighted by Crippen LogP contribution is -2.39. The summed E-state index contributed by atoms with van der Waals surface area (Å²) in [5, 5.41) is 7.65. The quantitative estimate of drug-likeness (QED) is 0.503. The summed E-state index contributed by atoms with van der Waals surface area (Å²) in [6.07, 6.45) is 0.290. The Balaban J connectivity index is 1.66. The number of rotatable bonds is 7. The molecular weight excluding hydrogens is 457 g/mol. The summed E-state index contributed by atoms with van der Waals surface area (Å²) < 4.78 is 25.5. The summed E-state index contributed by atoms with van der Waals surface area (Å²) in [7, 11) is 4.66. The molecule has 1 aliphatic rings. The van der Waals surface area contributed by atoms with E-state index < -0.39 is 17.8 Å². The van der Waals surface area contributed by atoms with E-state index in [-0.39, 0.29) is 18.9 Å². The van der Waals surface area contributed by atoms with Gasteiger partial charge in [-0.25, -0.2) is 9.40 Å². The Bertz CT molecular complexity index is 1230. The Morgan fingerprint density at radius 3 is 2.62 bits per heavy atom. The van der Waals surface area contributed by atoms with Crippen molar-refractivity contribution in [1.82, 2.24) is 9.91 Å². The standard InChI is InChI=1S/C25H24FN3O4S/c1-28(25(31)23-9-6-12-34-23)15-24(30)29-21(17-7-4-5-8-19(17)26)14-20(27-29)18-11-10-16(32-2)13-22(18)33-3/h4-13,21H,14-15H2,1-3H3/t21-/m0/s1. The molecular formula is C25H24FN3O4S. The van der Waals surface area contributed by atoms with Crippen molar-refractivity contribution in [2.45, 2.75) is 12.5 Å². The summed E-state index contributed by atoms with van der Waals surface area (Å²) in [5.41, 5.74) is 1.62. The molecule has 34 heavy (non-hydrogen) atoms. The van der Waals surface area contributed by atoms with Gasteiger partial charge in [0.05, 0.1) is 30.9 Å². The molecule has 1 aromatic heterocycles. The van der Waals surface area contributed by atoms with Crippen molar-refractivity contribution in [2.24, 2.45) is 5.10 Å². The van der Waals surface area contributed by atoms with E-state index in [0.717, 1.165) is 0 Å². The largest absolute Gasteiger partial charge is 0.497 e. The van der Waals surface area contributed by atoms with Gasteiger partial charge in [-0.1, -0.05) is 24.3 Å². The summed E-state index contributed by atoms with van der Waals surface area (Å²) >= 11 is 1.31. The van der Waals surface area contributed by atoms with Gasteiger partial charge in [0.15, 0.2) is 0 Å². The minimum Gasteiger partial charge on any atom is -0.497 e. The van der Waals surface area contributed by atoms with E-state index in [1.807, 2.05) is 0 Å². The summed E-state index contributed by atoms with van der Waals surface area (Å²) in [5.74, 6) is 0.0526. The number of hydrogen-bond acceptors (Lipinski definition) is 6. The van der Waals surface area contributed by atoms with Gasteiger partial charge in [0.25, 0.3) is 11.8 Å². The molecule has 2 heterocycles. The number of carbonyl (C=O) groups excluding carboxylic acids is 2. The minimum atomic E-state index is -0.652. The van der Waals surface area contributed by atoms with E-state index in [1.165, 1.54) is 34.4 Å². The van der Waals surface area contributed by atoms with Crippen LogP contribution in [0.15, 0.2) is 65.1 Å². The second-order valence-corrected chi connectivity index (χ2v) is 8.68. The molecule has 0 bridgehead atoms. The molecule has 176 valence electrons. The Kier molecular flexibility index (Phi) is 6.93.